The molecular weight excluding hydrogens is 282 g/mol. The molecule has 0 bridgehead atoms. The number of hydrogen-bond acceptors (Lipinski definition) is 3. The molecule has 0 aliphatic heterocycles. The highest BCUT2D eigenvalue weighted by Crippen LogP contribution is 2.47. The van der Waals surface area contributed by atoms with Crippen molar-refractivity contribution in [2.45, 2.75) is 18.8 Å². The van der Waals surface area contributed by atoms with Gasteiger partial charge in [-0.2, -0.15) is 0 Å². The van der Waals surface area contributed by atoms with Crippen molar-refractivity contribution in [3.8, 4) is 11.5 Å². The Morgan fingerprint density at radius 1 is 1.41 bits per heavy atom. The number of nitrogens with zero attached hydrogens (tertiary/aromatic N) is 1. The van der Waals surface area contributed by atoms with E-state index in [4.69, 9.17) is 4.74 Å². The minimum absolute atomic E-state index is 0.272. The molecule has 1 N–H and O–H groups in total. The topological polar surface area (TPSA) is 42.4 Å². The summed E-state index contributed by atoms with van der Waals surface area (Å²) in [6.07, 6.45) is 2.24. The van der Waals surface area contributed by atoms with E-state index in [1.165, 1.54) is 0 Å². The average molecular weight is 294 g/mol. The molecular formula is C13H12BrNO2. The van der Waals surface area contributed by atoms with Crippen LogP contribution in [0, 0.1) is 0 Å². The molecule has 0 saturated heterocycles. The van der Waals surface area contributed by atoms with Crippen LogP contribution >= 0.6 is 15.9 Å². The van der Waals surface area contributed by atoms with Crippen LogP contribution in [0.2, 0.25) is 0 Å². The predicted octanol–water partition coefficient (Wildman–Crippen LogP) is 3.59. The number of methoxy groups -OCH3 is 1. The van der Waals surface area contributed by atoms with Gasteiger partial charge in [-0.1, -0.05) is 0 Å². The molecule has 1 fully saturated rings. The lowest BCUT2D eigenvalue weighted by Crippen LogP contribution is -1.92. The first-order valence-electron chi connectivity index (χ1n) is 5.57. The SMILES string of the molecule is COc1ccc2nc(C3CC3)c(O)c(Br)c2c1. The highest BCUT2D eigenvalue weighted by molar-refractivity contribution is 9.10. The van der Waals surface area contributed by atoms with E-state index in [1.807, 2.05) is 18.2 Å². The lowest BCUT2D eigenvalue weighted by molar-refractivity contribution is 0.415. The molecule has 1 heterocycles. The molecule has 17 heavy (non-hydrogen) atoms. The van der Waals surface area contributed by atoms with Crippen molar-refractivity contribution >= 4 is 26.8 Å². The van der Waals surface area contributed by atoms with E-state index in [9.17, 15) is 5.11 Å². The van der Waals surface area contributed by atoms with E-state index < -0.39 is 0 Å². The average Bonchev–Trinajstić information content (AvgIpc) is 3.17. The zero-order valence-electron chi connectivity index (χ0n) is 9.40. The molecule has 1 aromatic heterocycles. The van der Waals surface area contributed by atoms with Crippen LogP contribution in [0.3, 0.4) is 0 Å². The molecule has 0 atom stereocenters. The summed E-state index contributed by atoms with van der Waals surface area (Å²) >= 11 is 3.45. The minimum Gasteiger partial charge on any atom is -0.505 e. The van der Waals surface area contributed by atoms with Crippen molar-refractivity contribution in [1.82, 2.24) is 4.98 Å². The second-order valence-electron chi connectivity index (χ2n) is 4.32. The van der Waals surface area contributed by atoms with Crippen molar-refractivity contribution in [1.29, 1.82) is 0 Å². The van der Waals surface area contributed by atoms with Crippen molar-refractivity contribution in [3.05, 3.63) is 28.4 Å². The normalized spacial score (nSPS) is 15.2. The van der Waals surface area contributed by atoms with Crippen molar-refractivity contribution in [2.24, 2.45) is 0 Å². The number of aromatic hydroxyl groups is 1. The number of ether oxygens (including phenoxy) is 1. The second kappa shape index (κ2) is 3.88. The summed E-state index contributed by atoms with van der Waals surface area (Å²) in [4.78, 5) is 4.54. The van der Waals surface area contributed by atoms with Crippen molar-refractivity contribution < 1.29 is 9.84 Å². The summed E-state index contributed by atoms with van der Waals surface area (Å²) in [5.41, 5.74) is 1.70. The maximum atomic E-state index is 10.1. The van der Waals surface area contributed by atoms with E-state index in [2.05, 4.69) is 20.9 Å². The number of pyridine rings is 1. The maximum Gasteiger partial charge on any atom is 0.152 e. The Morgan fingerprint density at radius 3 is 2.82 bits per heavy atom. The Hall–Kier alpha value is -1.29. The van der Waals surface area contributed by atoms with Gasteiger partial charge in [-0.25, -0.2) is 4.98 Å². The summed E-state index contributed by atoms with van der Waals surface area (Å²) in [6.45, 7) is 0. The second-order valence-corrected chi connectivity index (χ2v) is 5.11. The summed E-state index contributed by atoms with van der Waals surface area (Å²) in [5.74, 6) is 1.46. The van der Waals surface area contributed by atoms with Gasteiger partial charge in [0.25, 0.3) is 0 Å². The van der Waals surface area contributed by atoms with Gasteiger partial charge in [-0.3, -0.25) is 0 Å². The van der Waals surface area contributed by atoms with E-state index in [-0.39, 0.29) is 5.75 Å². The van der Waals surface area contributed by atoms with Crippen LogP contribution in [0.1, 0.15) is 24.5 Å². The van der Waals surface area contributed by atoms with Gasteiger partial charge in [0.05, 0.1) is 22.8 Å². The van der Waals surface area contributed by atoms with E-state index in [1.54, 1.807) is 7.11 Å². The molecule has 3 nitrogen and oxygen atoms in total. The Labute approximate surface area is 108 Å². The van der Waals surface area contributed by atoms with Crippen LogP contribution in [0.25, 0.3) is 10.9 Å². The Bertz CT molecular complexity index is 593. The van der Waals surface area contributed by atoms with Gasteiger partial charge in [-0.15, -0.1) is 0 Å². The van der Waals surface area contributed by atoms with Crippen LogP contribution in [0.15, 0.2) is 22.7 Å². The van der Waals surface area contributed by atoms with Crippen molar-refractivity contribution in [3.63, 3.8) is 0 Å². The van der Waals surface area contributed by atoms with Gasteiger partial charge in [0, 0.05) is 11.3 Å². The number of halogens is 1. The number of fused-ring (bicyclic) bond motifs is 1. The van der Waals surface area contributed by atoms with Gasteiger partial charge < -0.3 is 9.84 Å². The van der Waals surface area contributed by atoms with Crippen LogP contribution in [0.5, 0.6) is 11.5 Å². The third-order valence-electron chi connectivity index (χ3n) is 3.10. The fraction of sp³-hybridized carbons (Fsp3) is 0.308. The maximum absolute atomic E-state index is 10.1. The molecule has 0 amide bonds. The number of aromatic nitrogens is 1. The number of benzene rings is 1. The first-order valence-corrected chi connectivity index (χ1v) is 6.36. The van der Waals surface area contributed by atoms with E-state index >= 15 is 0 Å². The van der Waals surface area contributed by atoms with Gasteiger partial charge in [-0.05, 0) is 47.0 Å². The quantitative estimate of drug-likeness (QED) is 0.920. The van der Waals surface area contributed by atoms with Gasteiger partial charge in [0.15, 0.2) is 5.75 Å². The van der Waals surface area contributed by atoms with Crippen LogP contribution in [-0.2, 0) is 0 Å². The Balaban J connectivity index is 2.27. The standard InChI is InChI=1S/C13H12BrNO2/c1-17-8-4-5-10-9(6-8)11(14)13(16)12(15-10)7-2-3-7/h4-7,16H,2-3H2,1H3. The lowest BCUT2D eigenvalue weighted by atomic mass is 10.1. The fourth-order valence-electron chi connectivity index (χ4n) is 1.98. The van der Waals surface area contributed by atoms with Gasteiger partial charge in [0.2, 0.25) is 0 Å². The molecule has 2 aromatic rings. The molecule has 1 aliphatic rings. The summed E-state index contributed by atoms with van der Waals surface area (Å²) in [5, 5.41) is 11.0. The monoisotopic (exact) mass is 293 g/mol. The Morgan fingerprint density at radius 2 is 2.18 bits per heavy atom. The Kier molecular flexibility index (Phi) is 2.47. The first kappa shape index (κ1) is 10.8. The zero-order valence-corrected chi connectivity index (χ0v) is 11.0. The summed E-state index contributed by atoms with van der Waals surface area (Å²) in [7, 11) is 1.63. The third kappa shape index (κ3) is 1.76. The largest absolute Gasteiger partial charge is 0.505 e. The molecule has 1 aliphatic carbocycles. The first-order chi connectivity index (χ1) is 8.20. The predicted molar refractivity (Wildman–Crippen MR) is 69.6 cm³/mol. The smallest absolute Gasteiger partial charge is 0.152 e. The minimum atomic E-state index is 0.272. The summed E-state index contributed by atoms with van der Waals surface area (Å²) < 4.78 is 5.89. The molecule has 1 saturated carbocycles. The molecule has 0 radical (unpaired) electrons. The van der Waals surface area contributed by atoms with Gasteiger partial charge >= 0.3 is 0 Å². The third-order valence-corrected chi connectivity index (χ3v) is 3.90. The van der Waals surface area contributed by atoms with Crippen LogP contribution in [0.4, 0.5) is 0 Å². The van der Waals surface area contributed by atoms with Crippen LogP contribution < -0.4 is 4.74 Å². The van der Waals surface area contributed by atoms with Crippen molar-refractivity contribution in [2.75, 3.05) is 7.11 Å². The highest BCUT2D eigenvalue weighted by atomic mass is 79.9. The molecule has 88 valence electrons. The molecule has 3 rings (SSSR count). The number of hydrogen-bond donors (Lipinski definition) is 1. The van der Waals surface area contributed by atoms with Gasteiger partial charge in [0.1, 0.15) is 5.75 Å². The van der Waals surface area contributed by atoms with E-state index in [0.29, 0.717) is 10.4 Å². The summed E-state index contributed by atoms with van der Waals surface area (Å²) in [6, 6.07) is 5.68. The molecule has 0 spiro atoms. The number of rotatable bonds is 2. The fourth-order valence-corrected chi connectivity index (χ4v) is 2.50. The highest BCUT2D eigenvalue weighted by Gasteiger charge is 2.29. The molecule has 0 unspecified atom stereocenters. The van der Waals surface area contributed by atoms with E-state index in [0.717, 1.165) is 35.2 Å². The van der Waals surface area contributed by atoms with Crippen LogP contribution in [-0.4, -0.2) is 17.2 Å². The molecule has 1 aromatic carbocycles. The molecule has 4 heteroatoms. The lowest BCUT2D eigenvalue weighted by Gasteiger charge is -2.09. The zero-order chi connectivity index (χ0) is 12.0.